The van der Waals surface area contributed by atoms with Gasteiger partial charge in [0.1, 0.15) is 18.1 Å². The van der Waals surface area contributed by atoms with Gasteiger partial charge in [-0.3, -0.25) is 9.67 Å². The van der Waals surface area contributed by atoms with Gasteiger partial charge in [0.25, 0.3) is 0 Å². The van der Waals surface area contributed by atoms with Gasteiger partial charge in [0.15, 0.2) is 10.6 Å². The van der Waals surface area contributed by atoms with Gasteiger partial charge < -0.3 is 9.47 Å². The van der Waals surface area contributed by atoms with Crippen LogP contribution in [0.2, 0.25) is 5.02 Å². The highest BCUT2D eigenvalue weighted by Crippen LogP contribution is 2.19. The summed E-state index contributed by atoms with van der Waals surface area (Å²) in [4.78, 5) is 0. The summed E-state index contributed by atoms with van der Waals surface area (Å²) in [5, 5.41) is 7.72. The highest BCUT2D eigenvalue weighted by atomic mass is 35.5. The van der Waals surface area contributed by atoms with E-state index in [1.54, 1.807) is 12.1 Å². The fourth-order valence-electron chi connectivity index (χ4n) is 2.23. The van der Waals surface area contributed by atoms with Gasteiger partial charge in [-0.25, -0.2) is 0 Å². The van der Waals surface area contributed by atoms with Gasteiger partial charge in [0.2, 0.25) is 0 Å². The Hall–Kier alpha value is -2.31. The molecule has 0 aliphatic rings. The van der Waals surface area contributed by atoms with Crippen molar-refractivity contribution in [1.82, 2.24) is 14.8 Å². The van der Waals surface area contributed by atoms with Crippen molar-refractivity contribution in [2.75, 3.05) is 6.61 Å². The van der Waals surface area contributed by atoms with Gasteiger partial charge in [0, 0.05) is 5.02 Å². The normalized spacial score (nSPS) is 10.6. The second-order valence-corrected chi connectivity index (χ2v) is 5.77. The number of nitrogens with zero attached hydrogens (tertiary/aromatic N) is 2. The third kappa shape index (κ3) is 3.77. The van der Waals surface area contributed by atoms with Crippen LogP contribution in [0.15, 0.2) is 48.5 Å². The molecule has 1 aromatic heterocycles. The summed E-state index contributed by atoms with van der Waals surface area (Å²) in [7, 11) is 0. The molecular formula is C17H16ClN3O2S. The average Bonchev–Trinajstić information content (AvgIpc) is 2.96. The Labute approximate surface area is 149 Å². The van der Waals surface area contributed by atoms with Crippen LogP contribution in [0.3, 0.4) is 0 Å². The SMILES string of the molecule is CCOc1ccc(-n2c(COc3ccc(Cl)cc3)n[nH]c2=S)cc1. The number of halogens is 1. The highest BCUT2D eigenvalue weighted by molar-refractivity contribution is 7.71. The lowest BCUT2D eigenvalue weighted by Gasteiger charge is -2.09. The molecule has 3 rings (SSSR count). The van der Waals surface area contributed by atoms with E-state index in [0.29, 0.717) is 28.0 Å². The number of hydrogen-bond donors (Lipinski definition) is 1. The van der Waals surface area contributed by atoms with Crippen LogP contribution in [0.4, 0.5) is 0 Å². The molecule has 1 N–H and O–H groups in total. The largest absolute Gasteiger partial charge is 0.494 e. The minimum atomic E-state index is 0.280. The molecule has 0 radical (unpaired) electrons. The van der Waals surface area contributed by atoms with Crippen molar-refractivity contribution in [2.45, 2.75) is 13.5 Å². The first-order valence-electron chi connectivity index (χ1n) is 7.45. The van der Waals surface area contributed by atoms with Crippen LogP contribution in [0, 0.1) is 4.77 Å². The zero-order valence-electron chi connectivity index (χ0n) is 13.0. The molecule has 2 aromatic carbocycles. The number of benzene rings is 2. The lowest BCUT2D eigenvalue weighted by Crippen LogP contribution is -2.06. The van der Waals surface area contributed by atoms with Crippen LogP contribution < -0.4 is 9.47 Å². The standard InChI is InChI=1S/C17H16ClN3O2S/c1-2-22-14-9-5-13(6-10-14)21-16(19-20-17(21)24)11-23-15-7-3-12(18)4-8-15/h3-10H,2,11H2,1H3,(H,20,24). The minimum Gasteiger partial charge on any atom is -0.494 e. The van der Waals surface area contributed by atoms with Crippen molar-refractivity contribution in [2.24, 2.45) is 0 Å². The molecular weight excluding hydrogens is 346 g/mol. The Morgan fingerprint density at radius 1 is 1.04 bits per heavy atom. The number of hydrogen-bond acceptors (Lipinski definition) is 4. The van der Waals surface area contributed by atoms with E-state index in [0.717, 1.165) is 11.4 Å². The molecule has 0 spiro atoms. The highest BCUT2D eigenvalue weighted by Gasteiger charge is 2.09. The molecule has 0 saturated heterocycles. The van der Waals surface area contributed by atoms with E-state index in [1.807, 2.05) is 47.9 Å². The maximum absolute atomic E-state index is 5.87. The smallest absolute Gasteiger partial charge is 0.199 e. The summed E-state index contributed by atoms with van der Waals surface area (Å²) in [6.45, 7) is 2.86. The van der Waals surface area contributed by atoms with Gasteiger partial charge in [-0.15, -0.1) is 0 Å². The first-order chi connectivity index (χ1) is 11.7. The van der Waals surface area contributed by atoms with Crippen molar-refractivity contribution >= 4 is 23.8 Å². The van der Waals surface area contributed by atoms with Gasteiger partial charge in [-0.2, -0.15) is 5.10 Å². The minimum absolute atomic E-state index is 0.280. The van der Waals surface area contributed by atoms with Crippen LogP contribution in [-0.2, 0) is 6.61 Å². The lowest BCUT2D eigenvalue weighted by atomic mass is 10.3. The van der Waals surface area contributed by atoms with Crippen LogP contribution in [0.5, 0.6) is 11.5 Å². The quantitative estimate of drug-likeness (QED) is 0.654. The monoisotopic (exact) mass is 361 g/mol. The summed E-state index contributed by atoms with van der Waals surface area (Å²) in [6, 6.07) is 14.8. The van der Waals surface area contributed by atoms with Crippen LogP contribution in [-0.4, -0.2) is 21.4 Å². The van der Waals surface area contributed by atoms with E-state index < -0.39 is 0 Å². The molecule has 0 aliphatic heterocycles. The Morgan fingerprint density at radius 2 is 1.67 bits per heavy atom. The van der Waals surface area contributed by atoms with E-state index in [-0.39, 0.29) is 6.61 Å². The molecule has 3 aromatic rings. The predicted octanol–water partition coefficient (Wildman–Crippen LogP) is 4.56. The van der Waals surface area contributed by atoms with Gasteiger partial charge in [-0.05, 0) is 67.7 Å². The van der Waals surface area contributed by atoms with E-state index in [2.05, 4.69) is 10.2 Å². The third-order valence-corrected chi connectivity index (χ3v) is 3.86. The van der Waals surface area contributed by atoms with E-state index in [1.165, 1.54) is 0 Å². The van der Waals surface area contributed by atoms with E-state index >= 15 is 0 Å². The Balaban J connectivity index is 1.80. The van der Waals surface area contributed by atoms with Gasteiger partial charge >= 0.3 is 0 Å². The maximum atomic E-state index is 5.87. The summed E-state index contributed by atoms with van der Waals surface area (Å²) >= 11 is 11.2. The second kappa shape index (κ2) is 7.51. The Bertz CT molecular complexity index is 857. The van der Waals surface area contributed by atoms with Crippen molar-refractivity contribution in [3.05, 3.63) is 64.1 Å². The molecule has 0 bridgehead atoms. The molecule has 0 unspecified atom stereocenters. The van der Waals surface area contributed by atoms with E-state index in [4.69, 9.17) is 33.3 Å². The van der Waals surface area contributed by atoms with Crippen molar-refractivity contribution < 1.29 is 9.47 Å². The number of ether oxygens (including phenoxy) is 2. The second-order valence-electron chi connectivity index (χ2n) is 4.95. The number of rotatable bonds is 6. The molecule has 0 amide bonds. The predicted molar refractivity (Wildman–Crippen MR) is 95.7 cm³/mol. The van der Waals surface area contributed by atoms with Gasteiger partial charge in [-0.1, -0.05) is 11.6 Å². The van der Waals surface area contributed by atoms with Gasteiger partial charge in [0.05, 0.1) is 12.3 Å². The molecule has 5 nitrogen and oxygen atoms in total. The molecule has 0 saturated carbocycles. The summed E-state index contributed by atoms with van der Waals surface area (Å²) in [6.07, 6.45) is 0. The summed E-state index contributed by atoms with van der Waals surface area (Å²) in [5.74, 6) is 2.21. The molecule has 0 aliphatic carbocycles. The van der Waals surface area contributed by atoms with Crippen molar-refractivity contribution in [1.29, 1.82) is 0 Å². The summed E-state index contributed by atoms with van der Waals surface area (Å²) < 4.78 is 13.6. The fraction of sp³-hybridized carbons (Fsp3) is 0.176. The Morgan fingerprint density at radius 3 is 2.33 bits per heavy atom. The third-order valence-electron chi connectivity index (χ3n) is 3.33. The molecule has 7 heteroatoms. The first-order valence-corrected chi connectivity index (χ1v) is 8.24. The molecule has 124 valence electrons. The van der Waals surface area contributed by atoms with Crippen molar-refractivity contribution in [3.63, 3.8) is 0 Å². The van der Waals surface area contributed by atoms with Crippen molar-refractivity contribution in [3.8, 4) is 17.2 Å². The van der Waals surface area contributed by atoms with Crippen LogP contribution >= 0.6 is 23.8 Å². The molecule has 0 atom stereocenters. The fourth-order valence-corrected chi connectivity index (χ4v) is 2.61. The molecule has 24 heavy (non-hydrogen) atoms. The molecule has 1 heterocycles. The van der Waals surface area contributed by atoms with E-state index in [9.17, 15) is 0 Å². The zero-order valence-corrected chi connectivity index (χ0v) is 14.6. The number of H-pyrrole nitrogens is 1. The Kier molecular flexibility index (Phi) is 5.17. The average molecular weight is 362 g/mol. The lowest BCUT2D eigenvalue weighted by molar-refractivity contribution is 0.293. The first kappa shape index (κ1) is 16.5. The van der Waals surface area contributed by atoms with Crippen LogP contribution in [0.1, 0.15) is 12.7 Å². The van der Waals surface area contributed by atoms with Crippen LogP contribution in [0.25, 0.3) is 5.69 Å². The number of nitrogens with one attached hydrogen (secondary N) is 1. The molecule has 0 fully saturated rings. The summed E-state index contributed by atoms with van der Waals surface area (Å²) in [5.41, 5.74) is 0.895. The number of aromatic nitrogens is 3. The zero-order chi connectivity index (χ0) is 16.9. The number of aromatic amines is 1. The topological polar surface area (TPSA) is 52.1 Å². The maximum Gasteiger partial charge on any atom is 0.199 e.